The van der Waals surface area contributed by atoms with Crippen molar-refractivity contribution in [3.8, 4) is 22.3 Å². The van der Waals surface area contributed by atoms with E-state index >= 15 is 0 Å². The number of para-hydroxylation sites is 4. The molecule has 7 heteroatoms. The second-order valence-corrected chi connectivity index (χ2v) is 20.8. The second kappa shape index (κ2) is 15.8. The fourth-order valence-electron chi connectivity index (χ4n) is 10.9. The summed E-state index contributed by atoms with van der Waals surface area (Å²) in [5.41, 5.74) is 20.3. The van der Waals surface area contributed by atoms with E-state index in [-0.39, 0.29) is 13.4 Å². The predicted octanol–water partition coefficient (Wildman–Crippen LogP) is 12.7. The third-order valence-electron chi connectivity index (χ3n) is 13.8. The first-order valence-electron chi connectivity index (χ1n) is 22.9. The molecular formula is C60H38B2N2S3. The second-order valence-electron chi connectivity index (χ2n) is 17.6. The molecule has 4 heterocycles. The van der Waals surface area contributed by atoms with Crippen LogP contribution in [0.5, 0.6) is 0 Å². The molecule has 0 unspecified atom stereocenters. The Labute approximate surface area is 404 Å². The largest absolute Gasteiger partial charge is 0.311 e. The average molecular weight is 905 g/mol. The molecule has 0 amide bonds. The molecule has 4 aliphatic rings. The minimum absolute atomic E-state index is 0.0551. The molecule has 4 aliphatic heterocycles. The van der Waals surface area contributed by atoms with Crippen LogP contribution in [0.15, 0.2) is 260 Å². The van der Waals surface area contributed by atoms with Crippen LogP contribution in [0.2, 0.25) is 0 Å². The zero-order valence-electron chi connectivity index (χ0n) is 36.2. The Morgan fingerprint density at radius 3 is 1.48 bits per heavy atom. The van der Waals surface area contributed by atoms with Crippen molar-refractivity contribution in [3.63, 3.8) is 0 Å². The van der Waals surface area contributed by atoms with Gasteiger partial charge in [0.15, 0.2) is 0 Å². The van der Waals surface area contributed by atoms with E-state index in [1.165, 1.54) is 107 Å². The minimum Gasteiger partial charge on any atom is -0.311 e. The van der Waals surface area contributed by atoms with Crippen molar-refractivity contribution in [2.45, 2.75) is 29.4 Å². The van der Waals surface area contributed by atoms with Gasteiger partial charge in [-0.05, 0) is 106 Å². The molecule has 0 saturated carbocycles. The molecule has 14 rings (SSSR count). The van der Waals surface area contributed by atoms with Crippen LogP contribution in [0, 0.1) is 0 Å². The molecule has 0 bridgehead atoms. The molecule has 0 aliphatic carbocycles. The lowest BCUT2D eigenvalue weighted by atomic mass is 9.32. The standard InChI is InChI=1S/C60H38B2N2S3/c1-5-19-39(20-6-1)41-33-52-59-56(34-41)66-54-38-55-49(37-48(54)61(59)46-28-14-17-31-51(46)64(52)50-30-16-13-27-45(50)40-21-7-2-8-22-40)62-47-29-15-18-32-53(47)65-57-35-44(36-58(67-55)60(57)62)63(42-23-9-3-10-24-42)43-25-11-4-12-26-43/h1-38H. The van der Waals surface area contributed by atoms with E-state index in [1.807, 2.05) is 35.3 Å². The third-order valence-corrected chi connectivity index (χ3v) is 17.2. The summed E-state index contributed by atoms with van der Waals surface area (Å²) in [6.45, 7) is 0.166. The summed E-state index contributed by atoms with van der Waals surface area (Å²) in [6.07, 6.45) is 0. The number of rotatable bonds is 6. The Balaban J connectivity index is 0.980. The normalized spacial score (nSPS) is 13.4. The van der Waals surface area contributed by atoms with Crippen LogP contribution < -0.4 is 42.6 Å². The van der Waals surface area contributed by atoms with Gasteiger partial charge in [-0.1, -0.05) is 209 Å². The summed E-state index contributed by atoms with van der Waals surface area (Å²) >= 11 is 5.81. The van der Waals surface area contributed by atoms with Gasteiger partial charge in [-0.3, -0.25) is 0 Å². The zero-order chi connectivity index (χ0) is 44.0. The first kappa shape index (κ1) is 39.2. The molecule has 0 aromatic heterocycles. The third kappa shape index (κ3) is 6.33. The molecule has 0 radical (unpaired) electrons. The average Bonchev–Trinajstić information content (AvgIpc) is 3.39. The van der Waals surface area contributed by atoms with Crippen LogP contribution in [0.1, 0.15) is 0 Å². The smallest absolute Gasteiger partial charge is 0.249 e. The molecular weight excluding hydrogens is 866 g/mol. The first-order valence-corrected chi connectivity index (χ1v) is 25.3. The van der Waals surface area contributed by atoms with E-state index in [0.29, 0.717) is 0 Å². The number of fused-ring (bicyclic) bond motifs is 8. The lowest BCUT2D eigenvalue weighted by molar-refractivity contribution is 1.23. The van der Waals surface area contributed by atoms with E-state index in [1.54, 1.807) is 0 Å². The van der Waals surface area contributed by atoms with Crippen molar-refractivity contribution < 1.29 is 0 Å². The highest BCUT2D eigenvalue weighted by Crippen LogP contribution is 2.49. The van der Waals surface area contributed by atoms with E-state index in [9.17, 15) is 0 Å². The molecule has 0 fully saturated rings. The molecule has 10 aromatic carbocycles. The van der Waals surface area contributed by atoms with Crippen molar-refractivity contribution in [3.05, 3.63) is 231 Å². The number of anilines is 6. The first-order chi connectivity index (χ1) is 33.2. The molecule has 0 spiro atoms. The van der Waals surface area contributed by atoms with Gasteiger partial charge in [-0.2, -0.15) is 0 Å². The lowest BCUT2D eigenvalue weighted by Gasteiger charge is -2.42. The number of nitrogens with zero attached hydrogens (tertiary/aromatic N) is 2. The van der Waals surface area contributed by atoms with E-state index in [4.69, 9.17) is 0 Å². The topological polar surface area (TPSA) is 6.48 Å². The van der Waals surface area contributed by atoms with Gasteiger partial charge in [0.1, 0.15) is 0 Å². The summed E-state index contributed by atoms with van der Waals surface area (Å²) in [4.78, 5) is 12.9. The Hall–Kier alpha value is -7.02. The molecule has 10 aromatic rings. The Kier molecular flexibility index (Phi) is 9.25. The van der Waals surface area contributed by atoms with Gasteiger partial charge in [0.25, 0.3) is 0 Å². The number of hydrogen-bond donors (Lipinski definition) is 0. The van der Waals surface area contributed by atoms with E-state index in [0.717, 1.165) is 11.4 Å². The zero-order valence-corrected chi connectivity index (χ0v) is 38.7. The van der Waals surface area contributed by atoms with Crippen LogP contribution in [0.25, 0.3) is 22.3 Å². The maximum atomic E-state index is 2.62. The van der Waals surface area contributed by atoms with Crippen LogP contribution >= 0.6 is 35.3 Å². The van der Waals surface area contributed by atoms with Gasteiger partial charge in [0, 0.05) is 63.4 Å². The lowest BCUT2D eigenvalue weighted by Crippen LogP contribution is -2.63. The van der Waals surface area contributed by atoms with Crippen LogP contribution in [-0.4, -0.2) is 13.4 Å². The quantitative estimate of drug-likeness (QED) is 0.153. The fraction of sp³-hybridized carbons (Fsp3) is 0. The van der Waals surface area contributed by atoms with E-state index in [2.05, 4.69) is 240 Å². The van der Waals surface area contributed by atoms with Crippen LogP contribution in [0.4, 0.5) is 34.1 Å². The summed E-state index contributed by atoms with van der Waals surface area (Å²) in [5.74, 6) is 0. The molecule has 67 heavy (non-hydrogen) atoms. The number of benzene rings is 10. The van der Waals surface area contributed by atoms with Gasteiger partial charge in [0.05, 0.1) is 5.69 Å². The van der Waals surface area contributed by atoms with Gasteiger partial charge >= 0.3 is 0 Å². The van der Waals surface area contributed by atoms with Crippen molar-refractivity contribution in [1.82, 2.24) is 0 Å². The Morgan fingerprint density at radius 1 is 0.299 bits per heavy atom. The minimum atomic E-state index is 0.0551. The highest BCUT2D eigenvalue weighted by Gasteiger charge is 2.45. The molecule has 0 saturated heterocycles. The molecule has 2 nitrogen and oxygen atoms in total. The van der Waals surface area contributed by atoms with Gasteiger partial charge in [0.2, 0.25) is 13.4 Å². The van der Waals surface area contributed by atoms with E-state index < -0.39 is 0 Å². The molecule has 312 valence electrons. The van der Waals surface area contributed by atoms with Crippen molar-refractivity contribution >= 4 is 116 Å². The summed E-state index contributed by atoms with van der Waals surface area (Å²) < 4.78 is 0. The highest BCUT2D eigenvalue weighted by molar-refractivity contribution is 8.01. The van der Waals surface area contributed by atoms with Gasteiger partial charge in [-0.15, -0.1) is 0 Å². The van der Waals surface area contributed by atoms with Gasteiger partial charge < -0.3 is 9.80 Å². The fourth-order valence-corrected chi connectivity index (χ4v) is 14.7. The Bertz CT molecular complexity index is 3550. The maximum absolute atomic E-state index is 2.62. The Morgan fingerprint density at radius 2 is 0.806 bits per heavy atom. The summed E-state index contributed by atoms with van der Waals surface area (Å²) in [5, 5.41) is 0. The summed E-state index contributed by atoms with van der Waals surface area (Å²) in [7, 11) is 0. The van der Waals surface area contributed by atoms with Crippen LogP contribution in [-0.2, 0) is 0 Å². The summed E-state index contributed by atoms with van der Waals surface area (Å²) in [6, 6.07) is 85.6. The van der Waals surface area contributed by atoms with Crippen molar-refractivity contribution in [2.75, 3.05) is 9.80 Å². The monoisotopic (exact) mass is 904 g/mol. The predicted molar refractivity (Wildman–Crippen MR) is 288 cm³/mol. The van der Waals surface area contributed by atoms with Crippen molar-refractivity contribution in [1.29, 1.82) is 0 Å². The van der Waals surface area contributed by atoms with Gasteiger partial charge in [-0.25, -0.2) is 0 Å². The van der Waals surface area contributed by atoms with Crippen LogP contribution in [0.3, 0.4) is 0 Å². The maximum Gasteiger partial charge on any atom is 0.249 e. The number of hydrogen-bond acceptors (Lipinski definition) is 5. The highest BCUT2D eigenvalue weighted by atomic mass is 32.2. The van der Waals surface area contributed by atoms with Crippen molar-refractivity contribution in [2.24, 2.45) is 0 Å². The molecule has 0 N–H and O–H groups in total. The molecule has 0 atom stereocenters. The SMILES string of the molecule is c1ccc(-c2cc3c4c(c2)N(c2ccccc2-c2ccccc2)c2ccccc2B4c2cc4c(cc2S3)Sc2cc(N(c3ccccc3)c3ccccc3)cc3c2B4c2ccccc2S3)cc1.